The molecule has 0 bridgehead atoms. The molecule has 1 unspecified atom stereocenters. The molecule has 1 nitrogen and oxygen atoms in total. The van der Waals surface area contributed by atoms with Gasteiger partial charge in [-0.2, -0.15) is 0 Å². The molecule has 2 rings (SSSR count). The van der Waals surface area contributed by atoms with Gasteiger partial charge in [-0.3, -0.25) is 0 Å². The van der Waals surface area contributed by atoms with Gasteiger partial charge in [-0.05, 0) is 44.4 Å². The van der Waals surface area contributed by atoms with E-state index in [0.29, 0.717) is 11.8 Å². The summed E-state index contributed by atoms with van der Waals surface area (Å²) < 4.78 is 0. The molecule has 0 aromatic rings. The SMILES string of the molecule is CC(O)(C1CCC1)C1CC1. The summed E-state index contributed by atoms with van der Waals surface area (Å²) in [5.74, 6) is 1.29. The van der Waals surface area contributed by atoms with Crippen molar-refractivity contribution in [2.75, 3.05) is 0 Å². The number of hydrogen-bond acceptors (Lipinski definition) is 1. The highest BCUT2D eigenvalue weighted by molar-refractivity contribution is 4.98. The van der Waals surface area contributed by atoms with Gasteiger partial charge in [0.05, 0.1) is 5.60 Å². The van der Waals surface area contributed by atoms with Gasteiger partial charge in [-0.25, -0.2) is 0 Å². The third-order valence-electron chi connectivity index (χ3n) is 3.34. The van der Waals surface area contributed by atoms with Crippen LogP contribution in [0.15, 0.2) is 0 Å². The van der Waals surface area contributed by atoms with Crippen molar-refractivity contribution in [2.45, 2.75) is 44.6 Å². The third-order valence-corrected chi connectivity index (χ3v) is 3.34. The van der Waals surface area contributed by atoms with E-state index in [4.69, 9.17) is 0 Å². The molecule has 2 saturated carbocycles. The van der Waals surface area contributed by atoms with E-state index in [0.717, 1.165) is 0 Å². The maximum atomic E-state index is 9.97. The topological polar surface area (TPSA) is 20.2 Å². The summed E-state index contributed by atoms with van der Waals surface area (Å²) in [6.07, 6.45) is 6.41. The highest BCUT2D eigenvalue weighted by atomic mass is 16.3. The highest BCUT2D eigenvalue weighted by Crippen LogP contribution is 2.49. The van der Waals surface area contributed by atoms with Gasteiger partial charge in [-0.15, -0.1) is 0 Å². The summed E-state index contributed by atoms with van der Waals surface area (Å²) in [6, 6.07) is 0. The van der Waals surface area contributed by atoms with Crippen molar-refractivity contribution in [1.29, 1.82) is 0 Å². The van der Waals surface area contributed by atoms with Crippen LogP contribution in [0.2, 0.25) is 0 Å². The van der Waals surface area contributed by atoms with Gasteiger partial charge in [0.15, 0.2) is 0 Å². The molecule has 1 N–H and O–H groups in total. The van der Waals surface area contributed by atoms with E-state index in [9.17, 15) is 5.11 Å². The molecule has 0 aromatic carbocycles. The molecule has 10 heavy (non-hydrogen) atoms. The number of aliphatic hydroxyl groups is 1. The molecule has 0 aliphatic heterocycles. The summed E-state index contributed by atoms with van der Waals surface area (Å²) in [5, 5.41) is 9.97. The lowest BCUT2D eigenvalue weighted by Gasteiger charge is -2.39. The first-order chi connectivity index (χ1) is 4.71. The van der Waals surface area contributed by atoms with Gasteiger partial charge < -0.3 is 5.11 Å². The summed E-state index contributed by atoms with van der Waals surface area (Å²) in [7, 11) is 0. The maximum absolute atomic E-state index is 9.97. The zero-order chi connectivity index (χ0) is 7.19. The highest BCUT2D eigenvalue weighted by Gasteiger charge is 2.47. The first-order valence-corrected chi connectivity index (χ1v) is 4.43. The monoisotopic (exact) mass is 140 g/mol. The fourth-order valence-electron chi connectivity index (χ4n) is 1.99. The van der Waals surface area contributed by atoms with Crippen LogP contribution in [-0.2, 0) is 0 Å². The zero-order valence-corrected chi connectivity index (χ0v) is 6.64. The van der Waals surface area contributed by atoms with Crippen LogP contribution in [-0.4, -0.2) is 10.7 Å². The molecule has 2 aliphatic carbocycles. The normalized spacial score (nSPS) is 33.0. The van der Waals surface area contributed by atoms with Crippen molar-refractivity contribution in [3.8, 4) is 0 Å². The molecule has 0 amide bonds. The summed E-state index contributed by atoms with van der Waals surface area (Å²) in [6.45, 7) is 2.04. The average molecular weight is 140 g/mol. The largest absolute Gasteiger partial charge is 0.390 e. The quantitative estimate of drug-likeness (QED) is 0.621. The van der Waals surface area contributed by atoms with Crippen LogP contribution in [0.5, 0.6) is 0 Å². The Morgan fingerprint density at radius 2 is 1.60 bits per heavy atom. The van der Waals surface area contributed by atoms with E-state index in [1.807, 2.05) is 6.92 Å². The minimum Gasteiger partial charge on any atom is -0.390 e. The second-order valence-corrected chi connectivity index (χ2v) is 4.13. The smallest absolute Gasteiger partial charge is 0.0675 e. The Morgan fingerprint density at radius 1 is 1.10 bits per heavy atom. The van der Waals surface area contributed by atoms with Gasteiger partial charge in [0, 0.05) is 0 Å². The predicted molar refractivity (Wildman–Crippen MR) is 40.7 cm³/mol. The van der Waals surface area contributed by atoms with Crippen LogP contribution in [0.1, 0.15) is 39.0 Å². The van der Waals surface area contributed by atoms with E-state index >= 15 is 0 Å². The standard InChI is InChI=1S/C9H16O/c1-9(10,8-5-6-8)7-3-2-4-7/h7-8,10H,2-6H2,1H3. The van der Waals surface area contributed by atoms with Crippen LogP contribution in [0, 0.1) is 11.8 Å². The molecule has 58 valence electrons. The fraction of sp³-hybridized carbons (Fsp3) is 1.00. The van der Waals surface area contributed by atoms with Crippen LogP contribution >= 0.6 is 0 Å². The van der Waals surface area contributed by atoms with E-state index in [2.05, 4.69) is 0 Å². The van der Waals surface area contributed by atoms with Crippen molar-refractivity contribution >= 4 is 0 Å². The predicted octanol–water partition coefficient (Wildman–Crippen LogP) is 1.95. The summed E-state index contributed by atoms with van der Waals surface area (Å²) >= 11 is 0. The van der Waals surface area contributed by atoms with Gasteiger partial charge in [0.25, 0.3) is 0 Å². The van der Waals surface area contributed by atoms with Crippen molar-refractivity contribution in [1.82, 2.24) is 0 Å². The number of rotatable bonds is 2. The lowest BCUT2D eigenvalue weighted by atomic mass is 9.71. The van der Waals surface area contributed by atoms with Crippen LogP contribution in [0.25, 0.3) is 0 Å². The lowest BCUT2D eigenvalue weighted by Crippen LogP contribution is -2.40. The Bertz CT molecular complexity index is 132. The lowest BCUT2D eigenvalue weighted by molar-refractivity contribution is -0.0527. The molecule has 2 aliphatic rings. The second-order valence-electron chi connectivity index (χ2n) is 4.13. The van der Waals surface area contributed by atoms with Crippen LogP contribution in [0.4, 0.5) is 0 Å². The van der Waals surface area contributed by atoms with Gasteiger partial charge >= 0.3 is 0 Å². The van der Waals surface area contributed by atoms with Crippen molar-refractivity contribution in [2.24, 2.45) is 11.8 Å². The second kappa shape index (κ2) is 1.97. The summed E-state index contributed by atoms with van der Waals surface area (Å²) in [5.41, 5.74) is -0.293. The summed E-state index contributed by atoms with van der Waals surface area (Å²) in [4.78, 5) is 0. The Hall–Kier alpha value is -0.0400. The number of hydrogen-bond donors (Lipinski definition) is 1. The molecule has 1 heteroatoms. The molecule has 1 atom stereocenters. The molecule has 2 fully saturated rings. The third kappa shape index (κ3) is 0.878. The van der Waals surface area contributed by atoms with Gasteiger partial charge in [0.2, 0.25) is 0 Å². The Kier molecular flexibility index (Phi) is 1.31. The molecule has 0 aromatic heterocycles. The van der Waals surface area contributed by atoms with E-state index in [1.54, 1.807) is 0 Å². The molecule has 0 saturated heterocycles. The van der Waals surface area contributed by atoms with Crippen molar-refractivity contribution < 1.29 is 5.11 Å². The van der Waals surface area contributed by atoms with Crippen LogP contribution in [0.3, 0.4) is 0 Å². The van der Waals surface area contributed by atoms with E-state index in [1.165, 1.54) is 32.1 Å². The average Bonchev–Trinajstić information content (AvgIpc) is 2.32. The Morgan fingerprint density at radius 3 is 1.90 bits per heavy atom. The van der Waals surface area contributed by atoms with E-state index in [-0.39, 0.29) is 5.60 Å². The molecular weight excluding hydrogens is 124 g/mol. The Labute approximate surface area is 62.4 Å². The zero-order valence-electron chi connectivity index (χ0n) is 6.64. The van der Waals surface area contributed by atoms with Gasteiger partial charge in [0.1, 0.15) is 0 Å². The minimum atomic E-state index is -0.293. The molecule has 0 radical (unpaired) electrons. The molecule has 0 spiro atoms. The fourth-order valence-corrected chi connectivity index (χ4v) is 1.99. The maximum Gasteiger partial charge on any atom is 0.0675 e. The first-order valence-electron chi connectivity index (χ1n) is 4.43. The Balaban J connectivity index is 1.97. The molecule has 0 heterocycles. The molecular formula is C9H16O. The van der Waals surface area contributed by atoms with Crippen LogP contribution < -0.4 is 0 Å². The van der Waals surface area contributed by atoms with Crippen molar-refractivity contribution in [3.05, 3.63) is 0 Å². The first kappa shape index (κ1) is 6.66. The minimum absolute atomic E-state index is 0.293. The van der Waals surface area contributed by atoms with E-state index < -0.39 is 0 Å². The van der Waals surface area contributed by atoms with Gasteiger partial charge in [-0.1, -0.05) is 6.42 Å². The van der Waals surface area contributed by atoms with Crippen molar-refractivity contribution in [3.63, 3.8) is 0 Å².